The molecule has 0 amide bonds. The first-order chi connectivity index (χ1) is 6.96. The van der Waals surface area contributed by atoms with E-state index < -0.39 is 6.10 Å². The lowest BCUT2D eigenvalue weighted by atomic mass is 9.85. The Morgan fingerprint density at radius 2 is 2.20 bits per heavy atom. The van der Waals surface area contributed by atoms with E-state index in [4.69, 9.17) is 9.47 Å². The van der Waals surface area contributed by atoms with E-state index in [1.54, 1.807) is 7.11 Å². The van der Waals surface area contributed by atoms with Crippen molar-refractivity contribution in [3.05, 3.63) is 11.8 Å². The average Bonchev–Trinajstić information content (AvgIpc) is 2.18. The summed E-state index contributed by atoms with van der Waals surface area (Å²) in [7, 11) is 1.57. The molecule has 1 heterocycles. The SMILES string of the molecule is COC(C(=O)C1=CCCCO1)C(C)(C)C. The van der Waals surface area contributed by atoms with Crippen LogP contribution in [0, 0.1) is 5.41 Å². The van der Waals surface area contributed by atoms with E-state index in [2.05, 4.69) is 0 Å². The normalized spacial score (nSPS) is 19.1. The number of carbonyl (C=O) groups excluding carboxylic acids is 1. The topological polar surface area (TPSA) is 35.5 Å². The Morgan fingerprint density at radius 3 is 2.60 bits per heavy atom. The van der Waals surface area contributed by atoms with Gasteiger partial charge in [0, 0.05) is 7.11 Å². The van der Waals surface area contributed by atoms with Crippen LogP contribution in [0.15, 0.2) is 11.8 Å². The second kappa shape index (κ2) is 4.79. The summed E-state index contributed by atoms with van der Waals surface area (Å²) in [6.45, 7) is 6.60. The molecule has 1 aliphatic rings. The molecule has 0 bridgehead atoms. The first-order valence-corrected chi connectivity index (χ1v) is 5.37. The van der Waals surface area contributed by atoms with Crippen molar-refractivity contribution in [1.82, 2.24) is 0 Å². The second-order valence-corrected chi connectivity index (χ2v) is 4.91. The third kappa shape index (κ3) is 3.06. The van der Waals surface area contributed by atoms with E-state index in [0.29, 0.717) is 12.4 Å². The van der Waals surface area contributed by atoms with Crippen molar-refractivity contribution in [2.24, 2.45) is 5.41 Å². The molecule has 0 N–H and O–H groups in total. The number of ketones is 1. The molecule has 0 aromatic heterocycles. The van der Waals surface area contributed by atoms with Gasteiger partial charge in [0.15, 0.2) is 5.76 Å². The fourth-order valence-electron chi connectivity index (χ4n) is 1.71. The summed E-state index contributed by atoms with van der Waals surface area (Å²) in [5, 5.41) is 0. The molecule has 1 unspecified atom stereocenters. The predicted molar refractivity (Wildman–Crippen MR) is 58.5 cm³/mol. The summed E-state index contributed by atoms with van der Waals surface area (Å²) in [6, 6.07) is 0. The van der Waals surface area contributed by atoms with Crippen molar-refractivity contribution in [2.45, 2.75) is 39.7 Å². The van der Waals surface area contributed by atoms with E-state index in [9.17, 15) is 4.79 Å². The molecule has 3 nitrogen and oxygen atoms in total. The molecular weight excluding hydrogens is 192 g/mol. The number of hydrogen-bond donors (Lipinski definition) is 0. The zero-order chi connectivity index (χ0) is 11.5. The minimum Gasteiger partial charge on any atom is -0.490 e. The minimum absolute atomic E-state index is 0.0373. The molecule has 0 aliphatic carbocycles. The predicted octanol–water partition coefficient (Wildman–Crippen LogP) is 2.31. The molecule has 0 radical (unpaired) electrons. The highest BCUT2D eigenvalue weighted by Crippen LogP contribution is 2.26. The lowest BCUT2D eigenvalue weighted by molar-refractivity contribution is -0.134. The van der Waals surface area contributed by atoms with Crippen LogP contribution in [-0.2, 0) is 14.3 Å². The number of allylic oxidation sites excluding steroid dienone is 1. The van der Waals surface area contributed by atoms with Gasteiger partial charge in [0.25, 0.3) is 0 Å². The standard InChI is InChI=1S/C12H20O3/c1-12(2,3)11(14-4)10(13)9-7-5-6-8-15-9/h7,11H,5-6,8H2,1-4H3. The van der Waals surface area contributed by atoms with Gasteiger partial charge in [-0.3, -0.25) is 4.79 Å². The van der Waals surface area contributed by atoms with Crippen molar-refractivity contribution in [1.29, 1.82) is 0 Å². The van der Waals surface area contributed by atoms with Crippen LogP contribution < -0.4 is 0 Å². The Bertz CT molecular complexity index is 261. The first kappa shape index (κ1) is 12.2. The monoisotopic (exact) mass is 212 g/mol. The van der Waals surface area contributed by atoms with Gasteiger partial charge in [-0.05, 0) is 24.3 Å². The van der Waals surface area contributed by atoms with Crippen molar-refractivity contribution < 1.29 is 14.3 Å². The number of ether oxygens (including phenoxy) is 2. The molecule has 1 atom stereocenters. The minimum atomic E-state index is -0.429. The summed E-state index contributed by atoms with van der Waals surface area (Å²) in [5.41, 5.74) is -0.201. The summed E-state index contributed by atoms with van der Waals surface area (Å²) < 4.78 is 10.6. The third-order valence-corrected chi connectivity index (χ3v) is 2.44. The molecule has 86 valence electrons. The van der Waals surface area contributed by atoms with Crippen LogP contribution >= 0.6 is 0 Å². The van der Waals surface area contributed by atoms with E-state index in [1.807, 2.05) is 26.8 Å². The van der Waals surface area contributed by atoms with Crippen LogP contribution in [0.4, 0.5) is 0 Å². The Hall–Kier alpha value is -0.830. The Kier molecular flexibility index (Phi) is 3.91. The van der Waals surface area contributed by atoms with Gasteiger partial charge in [0.2, 0.25) is 5.78 Å². The number of Topliss-reactive ketones (excluding diaryl/α,β-unsaturated/α-hetero) is 1. The molecule has 3 heteroatoms. The largest absolute Gasteiger partial charge is 0.490 e. The molecule has 0 aromatic carbocycles. The van der Waals surface area contributed by atoms with Crippen LogP contribution in [0.5, 0.6) is 0 Å². The number of hydrogen-bond acceptors (Lipinski definition) is 3. The number of carbonyl (C=O) groups is 1. The van der Waals surface area contributed by atoms with E-state index in [1.165, 1.54) is 0 Å². The van der Waals surface area contributed by atoms with Gasteiger partial charge in [0.05, 0.1) is 6.61 Å². The summed E-state index contributed by atoms with van der Waals surface area (Å²) in [5.74, 6) is 0.438. The highest BCUT2D eigenvalue weighted by molar-refractivity contribution is 5.97. The molecule has 0 saturated carbocycles. The first-order valence-electron chi connectivity index (χ1n) is 5.37. The van der Waals surface area contributed by atoms with Gasteiger partial charge in [-0.1, -0.05) is 20.8 Å². The van der Waals surface area contributed by atoms with E-state index >= 15 is 0 Å². The van der Waals surface area contributed by atoms with Gasteiger partial charge in [-0.15, -0.1) is 0 Å². The van der Waals surface area contributed by atoms with Crippen LogP contribution in [0.3, 0.4) is 0 Å². The van der Waals surface area contributed by atoms with Crippen LogP contribution in [-0.4, -0.2) is 25.6 Å². The van der Waals surface area contributed by atoms with Gasteiger partial charge in [-0.2, -0.15) is 0 Å². The van der Waals surface area contributed by atoms with Crippen LogP contribution in [0.25, 0.3) is 0 Å². The van der Waals surface area contributed by atoms with E-state index in [0.717, 1.165) is 12.8 Å². The zero-order valence-electron chi connectivity index (χ0n) is 10.0. The Balaban J connectivity index is 2.77. The zero-order valence-corrected chi connectivity index (χ0v) is 10.0. The number of methoxy groups -OCH3 is 1. The highest BCUT2D eigenvalue weighted by atomic mass is 16.5. The quantitative estimate of drug-likeness (QED) is 0.720. The molecule has 15 heavy (non-hydrogen) atoms. The average molecular weight is 212 g/mol. The smallest absolute Gasteiger partial charge is 0.226 e. The molecular formula is C12H20O3. The summed E-state index contributed by atoms with van der Waals surface area (Å²) >= 11 is 0. The van der Waals surface area contributed by atoms with Gasteiger partial charge in [0.1, 0.15) is 6.10 Å². The maximum absolute atomic E-state index is 12.1. The van der Waals surface area contributed by atoms with Crippen molar-refractivity contribution >= 4 is 5.78 Å². The van der Waals surface area contributed by atoms with Gasteiger partial charge >= 0.3 is 0 Å². The summed E-state index contributed by atoms with van der Waals surface area (Å²) in [6.07, 6.45) is 3.34. The fraction of sp³-hybridized carbons (Fsp3) is 0.750. The van der Waals surface area contributed by atoms with Gasteiger partial charge < -0.3 is 9.47 Å². The third-order valence-electron chi connectivity index (χ3n) is 2.44. The second-order valence-electron chi connectivity index (χ2n) is 4.91. The van der Waals surface area contributed by atoms with Crippen LogP contribution in [0.1, 0.15) is 33.6 Å². The van der Waals surface area contributed by atoms with Crippen LogP contribution in [0.2, 0.25) is 0 Å². The molecule has 0 spiro atoms. The maximum atomic E-state index is 12.1. The Morgan fingerprint density at radius 1 is 1.53 bits per heavy atom. The lowest BCUT2D eigenvalue weighted by Gasteiger charge is -2.29. The summed E-state index contributed by atoms with van der Waals surface area (Å²) in [4.78, 5) is 12.1. The van der Waals surface area contributed by atoms with E-state index in [-0.39, 0.29) is 11.2 Å². The fourth-order valence-corrected chi connectivity index (χ4v) is 1.71. The maximum Gasteiger partial charge on any atom is 0.226 e. The molecule has 1 aliphatic heterocycles. The van der Waals surface area contributed by atoms with Crippen molar-refractivity contribution in [3.63, 3.8) is 0 Å². The molecule has 1 rings (SSSR count). The van der Waals surface area contributed by atoms with Crippen molar-refractivity contribution in [3.8, 4) is 0 Å². The Labute approximate surface area is 91.4 Å². The highest BCUT2D eigenvalue weighted by Gasteiger charge is 2.34. The van der Waals surface area contributed by atoms with Crippen molar-refractivity contribution in [2.75, 3.05) is 13.7 Å². The molecule has 0 aromatic rings. The number of rotatable bonds is 3. The molecule has 0 saturated heterocycles. The lowest BCUT2D eigenvalue weighted by Crippen LogP contribution is -2.38. The molecule has 0 fully saturated rings. The van der Waals surface area contributed by atoms with Gasteiger partial charge in [-0.25, -0.2) is 0 Å².